The van der Waals surface area contributed by atoms with Crippen molar-refractivity contribution >= 4 is 22.4 Å². The molecular formula is C19H32O3Si2. The molecule has 0 saturated carbocycles. The average molecular weight is 365 g/mol. The van der Waals surface area contributed by atoms with Crippen LogP contribution < -0.4 is 0 Å². The lowest BCUT2D eigenvalue weighted by Crippen LogP contribution is -2.42. The van der Waals surface area contributed by atoms with E-state index >= 15 is 0 Å². The number of hydrogen-bond acceptors (Lipinski definition) is 2. The summed E-state index contributed by atoms with van der Waals surface area (Å²) in [5.41, 5.74) is 3.25. The molecular weight excluding hydrogens is 332 g/mol. The molecule has 0 fully saturated rings. The summed E-state index contributed by atoms with van der Waals surface area (Å²) in [5, 5.41) is 9.87. The van der Waals surface area contributed by atoms with E-state index in [1.807, 2.05) is 36.0 Å². The molecule has 3 nitrogen and oxygen atoms in total. The summed E-state index contributed by atoms with van der Waals surface area (Å²) in [6, 6.07) is 9.73. The van der Waals surface area contributed by atoms with Crippen molar-refractivity contribution in [2.24, 2.45) is 0 Å². The van der Waals surface area contributed by atoms with E-state index in [1.54, 1.807) is 0 Å². The summed E-state index contributed by atoms with van der Waals surface area (Å²) in [7, 11) is -3.83. The molecule has 1 unspecified atom stereocenters. The molecule has 24 heavy (non-hydrogen) atoms. The highest BCUT2D eigenvalue weighted by Crippen LogP contribution is 2.41. The lowest BCUT2D eigenvalue weighted by atomic mass is 10.0. The summed E-state index contributed by atoms with van der Waals surface area (Å²) < 4.78 is 6.57. The van der Waals surface area contributed by atoms with E-state index in [0.717, 1.165) is 5.56 Å². The third kappa shape index (κ3) is 5.72. The van der Waals surface area contributed by atoms with Gasteiger partial charge in [0.2, 0.25) is 0 Å². The first kappa shape index (κ1) is 20.9. The van der Waals surface area contributed by atoms with Gasteiger partial charge >= 0.3 is 5.97 Å². The molecule has 0 spiro atoms. The van der Waals surface area contributed by atoms with Gasteiger partial charge in [-0.25, -0.2) is 4.79 Å². The minimum absolute atomic E-state index is 0.0167. The average Bonchev–Trinajstić information content (AvgIpc) is 2.41. The molecule has 0 aliphatic rings. The fraction of sp³-hybridized carbons (Fsp3) is 0.526. The largest absolute Gasteiger partial charge is 0.478 e. The highest BCUT2D eigenvalue weighted by atomic mass is 28.4. The number of carboxylic acid groups (broad SMARTS) is 1. The van der Waals surface area contributed by atoms with Crippen LogP contribution in [0.15, 0.2) is 41.6 Å². The first-order valence-corrected chi connectivity index (χ1v) is 14.9. The fourth-order valence-corrected chi connectivity index (χ4v) is 4.54. The molecule has 0 bridgehead atoms. The van der Waals surface area contributed by atoms with Crippen LogP contribution in [0.25, 0.3) is 0 Å². The summed E-state index contributed by atoms with van der Waals surface area (Å²) >= 11 is 0. The van der Waals surface area contributed by atoms with Crippen molar-refractivity contribution < 1.29 is 14.3 Å². The minimum Gasteiger partial charge on any atom is -0.478 e. The van der Waals surface area contributed by atoms with Gasteiger partial charge in [0.25, 0.3) is 0 Å². The fourth-order valence-electron chi connectivity index (χ4n) is 2.13. The molecule has 5 heteroatoms. The number of aliphatic carboxylic acids is 1. The zero-order valence-corrected chi connectivity index (χ0v) is 18.3. The molecule has 0 aliphatic carbocycles. The van der Waals surface area contributed by atoms with Gasteiger partial charge in [-0.05, 0) is 23.7 Å². The van der Waals surface area contributed by atoms with E-state index in [0.29, 0.717) is 5.57 Å². The van der Waals surface area contributed by atoms with Crippen LogP contribution in [0.4, 0.5) is 0 Å². The van der Waals surface area contributed by atoms with Gasteiger partial charge in [0.1, 0.15) is 6.10 Å². The molecule has 1 rings (SSSR count). The van der Waals surface area contributed by atoms with Crippen LogP contribution in [0, 0.1) is 0 Å². The smallest absolute Gasteiger partial charge is 0.333 e. The van der Waals surface area contributed by atoms with Crippen molar-refractivity contribution in [3.8, 4) is 0 Å². The van der Waals surface area contributed by atoms with E-state index in [-0.39, 0.29) is 5.04 Å². The van der Waals surface area contributed by atoms with Gasteiger partial charge < -0.3 is 9.53 Å². The molecule has 1 atom stereocenters. The summed E-state index contributed by atoms with van der Waals surface area (Å²) in [5.74, 6) is -0.884. The first-order chi connectivity index (χ1) is 10.7. The maximum atomic E-state index is 12.0. The number of carboxylic acids is 1. The van der Waals surface area contributed by atoms with Gasteiger partial charge in [-0.1, -0.05) is 76.4 Å². The minimum atomic E-state index is -2.12. The Hall–Kier alpha value is -1.18. The molecule has 0 radical (unpaired) electrons. The van der Waals surface area contributed by atoms with E-state index < -0.39 is 28.5 Å². The molecule has 1 aromatic rings. The third-order valence-corrected chi connectivity index (χ3v) is 10.1. The maximum Gasteiger partial charge on any atom is 0.333 e. The third-order valence-electron chi connectivity index (χ3n) is 4.44. The molecule has 0 amide bonds. The van der Waals surface area contributed by atoms with Crippen LogP contribution in [-0.4, -0.2) is 27.5 Å². The molecule has 0 aliphatic heterocycles. The van der Waals surface area contributed by atoms with E-state index in [4.69, 9.17) is 4.43 Å². The number of rotatable bonds is 6. The maximum absolute atomic E-state index is 12.0. The SMILES string of the molecule is CC(C)(C)[Si](C)(C)OC(/C(=C/[Si](C)(C)C)C(=O)O)c1ccccc1. The number of carbonyl (C=O) groups is 1. The van der Waals surface area contributed by atoms with E-state index in [2.05, 4.69) is 53.5 Å². The Morgan fingerprint density at radius 3 is 1.96 bits per heavy atom. The Morgan fingerprint density at radius 2 is 1.58 bits per heavy atom. The van der Waals surface area contributed by atoms with Gasteiger partial charge in [0, 0.05) is 0 Å². The quantitative estimate of drug-likeness (QED) is 0.525. The van der Waals surface area contributed by atoms with Crippen molar-refractivity contribution in [3.05, 3.63) is 47.2 Å². The lowest BCUT2D eigenvalue weighted by Gasteiger charge is -2.39. The van der Waals surface area contributed by atoms with Gasteiger partial charge in [-0.2, -0.15) is 0 Å². The van der Waals surface area contributed by atoms with Crippen LogP contribution in [0.1, 0.15) is 32.4 Å². The predicted molar refractivity (Wildman–Crippen MR) is 107 cm³/mol. The second-order valence-electron chi connectivity index (χ2n) is 8.94. The number of benzene rings is 1. The van der Waals surface area contributed by atoms with Gasteiger partial charge in [-0.15, -0.1) is 0 Å². The van der Waals surface area contributed by atoms with E-state index in [1.165, 1.54) is 0 Å². The highest BCUT2D eigenvalue weighted by molar-refractivity contribution is 6.81. The topological polar surface area (TPSA) is 46.5 Å². The normalized spacial score (nSPS) is 15.2. The summed E-state index contributed by atoms with van der Waals surface area (Å²) in [4.78, 5) is 12.0. The Bertz CT molecular complexity index is 593. The Balaban J connectivity index is 3.44. The van der Waals surface area contributed by atoms with Crippen molar-refractivity contribution in [1.82, 2.24) is 0 Å². The van der Waals surface area contributed by atoms with Crippen LogP contribution in [0.2, 0.25) is 37.8 Å². The van der Waals surface area contributed by atoms with Crippen molar-refractivity contribution in [2.45, 2.75) is 64.6 Å². The highest BCUT2D eigenvalue weighted by Gasteiger charge is 2.41. The molecule has 0 aromatic heterocycles. The molecule has 1 N–H and O–H groups in total. The monoisotopic (exact) mass is 364 g/mol. The lowest BCUT2D eigenvalue weighted by molar-refractivity contribution is -0.133. The van der Waals surface area contributed by atoms with Crippen molar-refractivity contribution in [3.63, 3.8) is 0 Å². The predicted octanol–water partition coefficient (Wildman–Crippen LogP) is 5.64. The molecule has 0 heterocycles. The summed E-state index contributed by atoms with van der Waals surface area (Å²) in [6.45, 7) is 17.3. The standard InChI is InChI=1S/C19H32O3Si2/c1-19(2,3)24(7,8)22-17(15-12-10-9-11-13-15)16(18(20)21)14-23(4,5)6/h9-14,17H,1-8H3,(H,20,21)/b16-14-. The van der Waals surface area contributed by atoms with Crippen LogP contribution in [0.3, 0.4) is 0 Å². The second-order valence-corrected chi connectivity index (χ2v) is 18.7. The Morgan fingerprint density at radius 1 is 1.08 bits per heavy atom. The summed E-state index contributed by atoms with van der Waals surface area (Å²) in [6.07, 6.45) is -0.517. The molecule has 0 saturated heterocycles. The first-order valence-electron chi connectivity index (χ1n) is 8.43. The Labute approximate surface area is 148 Å². The van der Waals surface area contributed by atoms with Crippen molar-refractivity contribution in [2.75, 3.05) is 0 Å². The Kier molecular flexibility index (Phi) is 6.41. The van der Waals surface area contributed by atoms with Crippen LogP contribution in [0.5, 0.6) is 0 Å². The van der Waals surface area contributed by atoms with E-state index in [9.17, 15) is 9.90 Å². The molecule has 1 aromatic carbocycles. The van der Waals surface area contributed by atoms with Gasteiger partial charge in [0.15, 0.2) is 8.32 Å². The second kappa shape index (κ2) is 7.37. The van der Waals surface area contributed by atoms with Crippen LogP contribution in [-0.2, 0) is 9.22 Å². The van der Waals surface area contributed by atoms with Crippen LogP contribution >= 0.6 is 0 Å². The van der Waals surface area contributed by atoms with Crippen molar-refractivity contribution in [1.29, 1.82) is 0 Å². The van der Waals surface area contributed by atoms with Gasteiger partial charge in [0.05, 0.1) is 13.6 Å². The molecule has 134 valence electrons. The number of hydrogen-bond donors (Lipinski definition) is 1. The zero-order chi connectivity index (χ0) is 18.8. The zero-order valence-electron chi connectivity index (χ0n) is 16.3. The van der Waals surface area contributed by atoms with Gasteiger partial charge in [-0.3, -0.25) is 0 Å².